The number of hydrogen-bond acceptors (Lipinski definition) is 2. The van der Waals surface area contributed by atoms with Gasteiger partial charge in [0, 0.05) is 0 Å². The van der Waals surface area contributed by atoms with Crippen molar-refractivity contribution in [3.63, 3.8) is 0 Å². The average Bonchev–Trinajstić information content (AvgIpc) is 3.03. The van der Waals surface area contributed by atoms with Crippen molar-refractivity contribution in [2.75, 3.05) is 0 Å². The topological polar surface area (TPSA) is 18.5 Å². The van der Waals surface area contributed by atoms with E-state index in [2.05, 4.69) is 76.2 Å². The minimum atomic E-state index is -3.50. The number of rotatable bonds is 28. The zero-order chi connectivity index (χ0) is 30.9. The molecule has 2 nitrogen and oxygen atoms in total. The first-order valence-corrected chi connectivity index (χ1v) is 25.1. The van der Waals surface area contributed by atoms with Crippen LogP contribution in [0.3, 0.4) is 0 Å². The molecule has 0 amide bonds. The summed E-state index contributed by atoms with van der Waals surface area (Å²) in [5.74, 6) is 2.24. The molecule has 0 N–H and O–H groups in total. The molecule has 2 aromatic carbocycles. The molecule has 0 heterocycles. The van der Waals surface area contributed by atoms with Crippen molar-refractivity contribution in [3.8, 4) is 11.5 Å². The third-order valence-corrected chi connectivity index (χ3v) is 18.7. The summed E-state index contributed by atoms with van der Waals surface area (Å²) in [4.78, 5) is 0. The van der Waals surface area contributed by atoms with Gasteiger partial charge in [0.1, 0.15) is 0 Å². The second kappa shape index (κ2) is 25.1. The van der Waals surface area contributed by atoms with Crippen LogP contribution >= 0.6 is 0 Å². The van der Waals surface area contributed by atoms with Gasteiger partial charge in [0.05, 0.1) is 0 Å². The first kappa shape index (κ1) is 38.0. The maximum absolute atomic E-state index is 7.30. The molecule has 0 aliphatic rings. The molecule has 244 valence electrons. The van der Waals surface area contributed by atoms with Crippen LogP contribution in [0.2, 0.25) is 8.87 Å². The fourth-order valence-corrected chi connectivity index (χ4v) is 16.7. The molecule has 2 aromatic rings. The van der Waals surface area contributed by atoms with Crippen LogP contribution in [0, 0.1) is 0 Å². The van der Waals surface area contributed by atoms with E-state index in [1.165, 1.54) is 140 Å². The molecule has 0 atom stereocenters. The van der Waals surface area contributed by atoms with Crippen molar-refractivity contribution in [2.24, 2.45) is 0 Å². The van der Waals surface area contributed by atoms with E-state index in [0.717, 1.165) is 33.2 Å². The smallest absolute Gasteiger partial charge is 0.0654 e. The van der Waals surface area contributed by atoms with E-state index in [0.29, 0.717) is 0 Å². The summed E-state index contributed by atoms with van der Waals surface area (Å²) in [5, 5.41) is 0. The molecule has 0 saturated carbocycles. The van der Waals surface area contributed by atoms with Gasteiger partial charge in [-0.05, 0) is 0 Å². The van der Waals surface area contributed by atoms with Crippen LogP contribution in [0.25, 0.3) is 0 Å². The van der Waals surface area contributed by atoms with E-state index in [-0.39, 0.29) is 0 Å². The quantitative estimate of drug-likeness (QED) is 0.0650. The maximum atomic E-state index is 7.30. The summed E-state index contributed by atoms with van der Waals surface area (Å²) in [5.41, 5.74) is 2.77. The molecule has 0 aliphatic carbocycles. The summed E-state index contributed by atoms with van der Waals surface area (Å²) in [6.07, 6.45) is 28.7. The minimum Gasteiger partial charge on any atom is -0.0654 e. The molecular formula is C40H68O2Sn. The Kier molecular flexibility index (Phi) is 22.2. The number of hydrogen-bond donors (Lipinski definition) is 0. The first-order valence-electron chi connectivity index (χ1n) is 18.7. The molecule has 0 saturated heterocycles. The molecule has 43 heavy (non-hydrogen) atoms. The SMILES string of the molecule is CCCCCCCCCCc1ccccc1[O][Sn]([CH2]CCC)([CH2]CCC)[O]c1ccccc1CCCCCCCCCC. The van der Waals surface area contributed by atoms with Gasteiger partial charge in [0.2, 0.25) is 0 Å². The van der Waals surface area contributed by atoms with Gasteiger partial charge in [-0.1, -0.05) is 13.8 Å². The van der Waals surface area contributed by atoms with Gasteiger partial charge in [-0.15, -0.1) is 0 Å². The molecule has 0 unspecified atom stereocenters. The Hall–Kier alpha value is -1.16. The van der Waals surface area contributed by atoms with Crippen molar-refractivity contribution >= 4 is 19.2 Å². The Bertz CT molecular complexity index is 851. The third-order valence-electron chi connectivity index (χ3n) is 8.96. The summed E-state index contributed by atoms with van der Waals surface area (Å²) in [6.45, 7) is 9.21. The Morgan fingerprint density at radius 2 is 0.721 bits per heavy atom. The third kappa shape index (κ3) is 16.6. The minimum absolute atomic E-state index is 1.11. The van der Waals surface area contributed by atoms with Crippen LogP contribution in [-0.2, 0) is 12.8 Å². The second-order valence-electron chi connectivity index (χ2n) is 13.0. The number of para-hydroxylation sites is 2. The Labute approximate surface area is 273 Å². The molecule has 0 bridgehead atoms. The Balaban J connectivity index is 2.10. The van der Waals surface area contributed by atoms with E-state index >= 15 is 0 Å². The van der Waals surface area contributed by atoms with Crippen molar-refractivity contribution in [3.05, 3.63) is 59.7 Å². The van der Waals surface area contributed by atoms with Gasteiger partial charge in [-0.25, -0.2) is 0 Å². The van der Waals surface area contributed by atoms with Crippen molar-refractivity contribution in [1.29, 1.82) is 0 Å². The molecule has 3 heteroatoms. The van der Waals surface area contributed by atoms with E-state index in [4.69, 9.17) is 6.15 Å². The normalized spacial score (nSPS) is 11.6. The van der Waals surface area contributed by atoms with Crippen LogP contribution in [-0.4, -0.2) is 19.2 Å². The molecule has 0 aliphatic heterocycles. The zero-order valence-corrected chi connectivity index (χ0v) is 31.8. The second-order valence-corrected chi connectivity index (χ2v) is 22.2. The van der Waals surface area contributed by atoms with Gasteiger partial charge in [-0.2, -0.15) is 0 Å². The van der Waals surface area contributed by atoms with Crippen molar-refractivity contribution < 1.29 is 6.15 Å². The Morgan fingerprint density at radius 1 is 0.395 bits per heavy atom. The molecule has 2 rings (SSSR count). The summed E-state index contributed by atoms with van der Waals surface area (Å²) in [7, 11) is 0. The van der Waals surface area contributed by atoms with E-state index < -0.39 is 19.2 Å². The average molecular weight is 700 g/mol. The molecular weight excluding hydrogens is 631 g/mol. The van der Waals surface area contributed by atoms with Crippen LogP contribution < -0.4 is 6.15 Å². The predicted molar refractivity (Wildman–Crippen MR) is 192 cm³/mol. The van der Waals surface area contributed by atoms with E-state index in [9.17, 15) is 0 Å². The molecule has 0 spiro atoms. The number of aryl methyl sites for hydroxylation is 2. The molecule has 0 radical (unpaired) electrons. The predicted octanol–water partition coefficient (Wildman–Crippen LogP) is 13.6. The van der Waals surface area contributed by atoms with Crippen LogP contribution in [0.4, 0.5) is 0 Å². The van der Waals surface area contributed by atoms with Gasteiger partial charge in [-0.3, -0.25) is 0 Å². The number of unbranched alkanes of at least 4 members (excludes halogenated alkanes) is 16. The van der Waals surface area contributed by atoms with Gasteiger partial charge < -0.3 is 0 Å². The van der Waals surface area contributed by atoms with Crippen molar-refractivity contribution in [1.82, 2.24) is 0 Å². The fourth-order valence-electron chi connectivity index (χ4n) is 6.16. The van der Waals surface area contributed by atoms with Crippen molar-refractivity contribution in [2.45, 2.75) is 178 Å². The first-order chi connectivity index (χ1) is 21.2. The summed E-state index contributed by atoms with van der Waals surface area (Å²) < 4.78 is 16.8. The Morgan fingerprint density at radius 3 is 1.09 bits per heavy atom. The van der Waals surface area contributed by atoms with Gasteiger partial charge >= 0.3 is 260 Å². The van der Waals surface area contributed by atoms with Gasteiger partial charge in [0.15, 0.2) is 0 Å². The van der Waals surface area contributed by atoms with Crippen LogP contribution in [0.1, 0.15) is 167 Å². The zero-order valence-electron chi connectivity index (χ0n) is 28.9. The summed E-state index contributed by atoms with van der Waals surface area (Å²) in [6, 6.07) is 17.8. The summed E-state index contributed by atoms with van der Waals surface area (Å²) >= 11 is -3.50. The van der Waals surface area contributed by atoms with Crippen LogP contribution in [0.15, 0.2) is 48.5 Å². The molecule has 0 fully saturated rings. The van der Waals surface area contributed by atoms with E-state index in [1.54, 1.807) is 0 Å². The van der Waals surface area contributed by atoms with Crippen LogP contribution in [0.5, 0.6) is 11.5 Å². The monoisotopic (exact) mass is 700 g/mol. The molecule has 0 aromatic heterocycles. The number of benzene rings is 2. The fraction of sp³-hybridized carbons (Fsp3) is 0.700. The van der Waals surface area contributed by atoms with Gasteiger partial charge in [0.25, 0.3) is 0 Å². The van der Waals surface area contributed by atoms with E-state index in [1.807, 2.05) is 0 Å². The standard InChI is InChI=1S/2C16H26O.2C4H9.Sn/c2*1-2-3-4-5-6-7-8-9-12-15-13-10-11-14-16(15)17;2*1-3-4-2;/h2*10-11,13-14,17H,2-9,12H2,1H3;2*1,3-4H2,2H3;/q;;;;+2/p-2.